The molecule has 140 valence electrons. The minimum absolute atomic E-state index is 0.0178. The lowest BCUT2D eigenvalue weighted by Gasteiger charge is -2.28. The van der Waals surface area contributed by atoms with Crippen LogP contribution in [0.5, 0.6) is 0 Å². The zero-order valence-corrected chi connectivity index (χ0v) is 15.2. The fourth-order valence-corrected chi connectivity index (χ4v) is 3.10. The maximum Gasteiger partial charge on any atom is 0.410 e. The number of aromatic nitrogens is 1. The van der Waals surface area contributed by atoms with Gasteiger partial charge in [-0.1, -0.05) is 6.07 Å². The van der Waals surface area contributed by atoms with Crippen LogP contribution in [0.3, 0.4) is 0 Å². The van der Waals surface area contributed by atoms with E-state index in [2.05, 4.69) is 15.8 Å². The number of hydrogen-bond acceptors (Lipinski definition) is 5. The summed E-state index contributed by atoms with van der Waals surface area (Å²) in [6, 6.07) is 4.27. The van der Waals surface area contributed by atoms with Gasteiger partial charge in [-0.3, -0.25) is 30.3 Å². The molecule has 1 aliphatic carbocycles. The average Bonchev–Trinajstić information content (AvgIpc) is 3.21. The number of hydrazine groups is 1. The van der Waals surface area contributed by atoms with E-state index in [4.69, 9.17) is 4.74 Å². The molecule has 0 radical (unpaired) electrons. The number of carbonyl (C=O) groups excluding carboxylic acids is 3. The zero-order chi connectivity index (χ0) is 18.9. The van der Waals surface area contributed by atoms with E-state index < -0.39 is 29.6 Å². The second-order valence-corrected chi connectivity index (χ2v) is 7.99. The number of likely N-dealkylation sites (tertiary alicyclic amines) is 1. The van der Waals surface area contributed by atoms with Gasteiger partial charge in [0.2, 0.25) is 0 Å². The molecule has 2 N–H and O–H groups in total. The molecule has 1 aromatic heterocycles. The van der Waals surface area contributed by atoms with E-state index in [1.54, 1.807) is 39.0 Å². The maximum atomic E-state index is 12.6. The van der Waals surface area contributed by atoms with Crippen LogP contribution in [0.25, 0.3) is 0 Å². The van der Waals surface area contributed by atoms with Gasteiger partial charge in [0, 0.05) is 12.7 Å². The minimum atomic E-state index is -0.656. The molecule has 1 aromatic rings. The SMILES string of the molecule is CC(C)(C)OC(=O)N1CC2(CC2)C[C@H]1C(=O)NNC(=O)c1ccccn1. The quantitative estimate of drug-likeness (QED) is 0.781. The molecule has 3 amide bonds. The van der Waals surface area contributed by atoms with E-state index >= 15 is 0 Å². The first-order valence-corrected chi connectivity index (χ1v) is 8.70. The Morgan fingerprint density at radius 1 is 1.23 bits per heavy atom. The molecule has 1 atom stereocenters. The third-order valence-corrected chi connectivity index (χ3v) is 4.59. The van der Waals surface area contributed by atoms with Gasteiger partial charge in [-0.15, -0.1) is 0 Å². The smallest absolute Gasteiger partial charge is 0.410 e. The molecule has 0 unspecified atom stereocenters. The summed E-state index contributed by atoms with van der Waals surface area (Å²) in [6.45, 7) is 5.87. The summed E-state index contributed by atoms with van der Waals surface area (Å²) in [5, 5.41) is 0. The Morgan fingerprint density at radius 3 is 2.54 bits per heavy atom. The number of carbonyl (C=O) groups is 3. The second-order valence-electron chi connectivity index (χ2n) is 7.99. The number of nitrogens with one attached hydrogen (secondary N) is 2. The molecule has 1 spiro atoms. The number of rotatable bonds is 2. The standard InChI is InChI=1S/C18H24N4O4/c1-17(2,3)26-16(25)22-11-18(7-8-18)10-13(22)15(24)21-20-14(23)12-6-4-5-9-19-12/h4-6,9,13H,7-8,10-11H2,1-3H3,(H,20,23)(H,21,24)/t13-/m0/s1. The van der Waals surface area contributed by atoms with Crippen LogP contribution in [0.2, 0.25) is 0 Å². The topological polar surface area (TPSA) is 101 Å². The molecule has 26 heavy (non-hydrogen) atoms. The van der Waals surface area contributed by atoms with Crippen LogP contribution >= 0.6 is 0 Å². The van der Waals surface area contributed by atoms with Crippen LogP contribution in [0, 0.1) is 5.41 Å². The summed E-state index contributed by atoms with van der Waals surface area (Å²) >= 11 is 0. The fraction of sp³-hybridized carbons (Fsp3) is 0.556. The van der Waals surface area contributed by atoms with Crippen molar-refractivity contribution >= 4 is 17.9 Å². The molecule has 8 nitrogen and oxygen atoms in total. The largest absolute Gasteiger partial charge is 0.444 e. The first-order chi connectivity index (χ1) is 12.2. The van der Waals surface area contributed by atoms with E-state index in [1.165, 1.54) is 11.1 Å². The van der Waals surface area contributed by atoms with Crippen LogP contribution in [-0.4, -0.2) is 46.0 Å². The predicted molar refractivity (Wildman–Crippen MR) is 92.9 cm³/mol. The highest BCUT2D eigenvalue weighted by molar-refractivity contribution is 5.94. The first kappa shape index (κ1) is 18.2. The van der Waals surface area contributed by atoms with Crippen LogP contribution in [-0.2, 0) is 9.53 Å². The normalized spacial score (nSPS) is 20.6. The van der Waals surface area contributed by atoms with E-state index in [0.717, 1.165) is 12.8 Å². The van der Waals surface area contributed by atoms with E-state index in [0.29, 0.717) is 13.0 Å². The second kappa shape index (κ2) is 6.59. The molecule has 3 rings (SSSR count). The van der Waals surface area contributed by atoms with Gasteiger partial charge in [0.25, 0.3) is 11.8 Å². The van der Waals surface area contributed by atoms with Gasteiger partial charge < -0.3 is 4.74 Å². The minimum Gasteiger partial charge on any atom is -0.444 e. The first-order valence-electron chi connectivity index (χ1n) is 8.70. The Labute approximate surface area is 152 Å². The zero-order valence-electron chi connectivity index (χ0n) is 15.2. The number of pyridine rings is 1. The fourth-order valence-electron chi connectivity index (χ4n) is 3.10. The van der Waals surface area contributed by atoms with Crippen LogP contribution in [0.4, 0.5) is 4.79 Å². The molecule has 8 heteroatoms. The average molecular weight is 360 g/mol. The summed E-state index contributed by atoms with van der Waals surface area (Å²) in [5.74, 6) is -0.939. The molecule has 2 heterocycles. The van der Waals surface area contributed by atoms with E-state index in [9.17, 15) is 14.4 Å². The summed E-state index contributed by atoms with van der Waals surface area (Å²) in [4.78, 5) is 42.5. The van der Waals surface area contributed by atoms with Crippen molar-refractivity contribution < 1.29 is 19.1 Å². The van der Waals surface area contributed by atoms with Crippen molar-refractivity contribution in [1.29, 1.82) is 0 Å². The number of nitrogens with zero attached hydrogens (tertiary/aromatic N) is 2. The van der Waals surface area contributed by atoms with Gasteiger partial charge >= 0.3 is 6.09 Å². The van der Waals surface area contributed by atoms with Gasteiger partial charge in [0.15, 0.2) is 0 Å². The summed E-state index contributed by atoms with van der Waals surface area (Å²) in [7, 11) is 0. The third kappa shape index (κ3) is 4.12. The molecule has 1 aliphatic heterocycles. The highest BCUT2D eigenvalue weighted by atomic mass is 16.6. The van der Waals surface area contributed by atoms with Gasteiger partial charge in [0.1, 0.15) is 17.3 Å². The lowest BCUT2D eigenvalue weighted by molar-refractivity contribution is -0.126. The van der Waals surface area contributed by atoms with Crippen molar-refractivity contribution in [2.24, 2.45) is 5.41 Å². The van der Waals surface area contributed by atoms with Gasteiger partial charge in [0.05, 0.1) is 0 Å². The maximum absolute atomic E-state index is 12.6. The van der Waals surface area contributed by atoms with Crippen LogP contribution in [0.1, 0.15) is 50.5 Å². The lowest BCUT2D eigenvalue weighted by Crippen LogP contribution is -2.52. The Morgan fingerprint density at radius 2 is 1.96 bits per heavy atom. The van der Waals surface area contributed by atoms with Crippen molar-refractivity contribution in [2.75, 3.05) is 6.54 Å². The van der Waals surface area contributed by atoms with Crippen molar-refractivity contribution in [1.82, 2.24) is 20.7 Å². The van der Waals surface area contributed by atoms with Gasteiger partial charge in [-0.25, -0.2) is 4.79 Å². The molecular formula is C18H24N4O4. The monoisotopic (exact) mass is 360 g/mol. The number of amides is 3. The van der Waals surface area contributed by atoms with Crippen molar-refractivity contribution in [3.8, 4) is 0 Å². The Kier molecular flexibility index (Phi) is 4.60. The Balaban J connectivity index is 1.62. The molecule has 0 aromatic carbocycles. The predicted octanol–water partition coefficient (Wildman–Crippen LogP) is 1.63. The molecule has 0 bridgehead atoms. The molecule has 2 fully saturated rings. The third-order valence-electron chi connectivity index (χ3n) is 4.59. The van der Waals surface area contributed by atoms with Gasteiger partial charge in [-0.05, 0) is 57.6 Å². The molecule has 2 aliphatic rings. The lowest BCUT2D eigenvalue weighted by atomic mass is 10.0. The summed E-state index contributed by atoms with van der Waals surface area (Å²) < 4.78 is 5.43. The van der Waals surface area contributed by atoms with Crippen molar-refractivity contribution in [3.63, 3.8) is 0 Å². The van der Waals surface area contributed by atoms with Gasteiger partial charge in [-0.2, -0.15) is 0 Å². The summed E-state index contributed by atoms with van der Waals surface area (Å²) in [5.41, 5.74) is 4.34. The molecule has 1 saturated carbocycles. The highest BCUT2D eigenvalue weighted by Gasteiger charge is 2.56. The van der Waals surface area contributed by atoms with Crippen molar-refractivity contribution in [2.45, 2.75) is 51.7 Å². The Bertz CT molecular complexity index is 710. The molecule has 1 saturated heterocycles. The Hall–Kier alpha value is -2.64. The van der Waals surface area contributed by atoms with Crippen molar-refractivity contribution in [3.05, 3.63) is 30.1 Å². The van der Waals surface area contributed by atoms with Crippen LogP contribution in [0.15, 0.2) is 24.4 Å². The number of ether oxygens (including phenoxy) is 1. The highest BCUT2D eigenvalue weighted by Crippen LogP contribution is 2.55. The van der Waals surface area contributed by atoms with Crippen LogP contribution < -0.4 is 10.9 Å². The van der Waals surface area contributed by atoms with E-state index in [1.807, 2.05) is 0 Å². The van der Waals surface area contributed by atoms with E-state index in [-0.39, 0.29) is 11.1 Å². The summed E-state index contributed by atoms with van der Waals surface area (Å²) in [6.07, 6.45) is 3.57. The number of hydrogen-bond donors (Lipinski definition) is 2. The molecular weight excluding hydrogens is 336 g/mol.